The van der Waals surface area contributed by atoms with E-state index in [1.807, 2.05) is 6.92 Å². The summed E-state index contributed by atoms with van der Waals surface area (Å²) in [7, 11) is 1.52. The quantitative estimate of drug-likeness (QED) is 0.692. The van der Waals surface area contributed by atoms with Gasteiger partial charge in [0.05, 0.1) is 0 Å². The first-order valence-corrected chi connectivity index (χ1v) is 7.08. The van der Waals surface area contributed by atoms with Crippen molar-refractivity contribution in [1.82, 2.24) is 15.5 Å². The summed E-state index contributed by atoms with van der Waals surface area (Å²) >= 11 is 0. The van der Waals surface area contributed by atoms with Gasteiger partial charge < -0.3 is 20.3 Å². The second-order valence-corrected chi connectivity index (χ2v) is 5.39. The molecule has 0 aromatic heterocycles. The van der Waals surface area contributed by atoms with Crippen molar-refractivity contribution in [3.8, 4) is 0 Å². The van der Waals surface area contributed by atoms with Crippen LogP contribution >= 0.6 is 0 Å². The van der Waals surface area contributed by atoms with Gasteiger partial charge in [-0.25, -0.2) is 0 Å². The van der Waals surface area contributed by atoms with Crippen molar-refractivity contribution < 1.29 is 14.3 Å². The predicted molar refractivity (Wildman–Crippen MR) is 75.2 cm³/mol. The monoisotopic (exact) mass is 281 g/mol. The van der Waals surface area contributed by atoms with Crippen LogP contribution in [0, 0.1) is 0 Å². The largest absolute Gasteiger partial charge is 0.375 e. The summed E-state index contributed by atoms with van der Waals surface area (Å²) in [6.07, 6.45) is 1.62. The lowest BCUT2D eigenvalue weighted by atomic mass is 10.0. The van der Waals surface area contributed by atoms with E-state index in [-0.39, 0.29) is 24.5 Å². The standard InChI is InChI=1S/C14H23N3O3/c1-10(11-7-15-8-11)14(19)16-12-3-5-17(6-4-12)13(18)9-20-2/h12,15H,3-9H2,1-2H3,(H,16,19). The van der Waals surface area contributed by atoms with Crippen LogP contribution in [0.1, 0.15) is 19.8 Å². The van der Waals surface area contributed by atoms with E-state index in [9.17, 15) is 9.59 Å². The van der Waals surface area contributed by atoms with Gasteiger partial charge in [-0.3, -0.25) is 9.59 Å². The number of nitrogens with one attached hydrogen (secondary N) is 2. The van der Waals surface area contributed by atoms with Crippen molar-refractivity contribution in [2.75, 3.05) is 39.9 Å². The first-order chi connectivity index (χ1) is 9.61. The summed E-state index contributed by atoms with van der Waals surface area (Å²) in [4.78, 5) is 25.5. The molecule has 112 valence electrons. The molecule has 2 heterocycles. The molecule has 0 aromatic carbocycles. The minimum atomic E-state index is 0.0242. The molecule has 0 aliphatic carbocycles. The number of hydrogen-bond donors (Lipinski definition) is 2. The second kappa shape index (κ2) is 6.85. The van der Waals surface area contributed by atoms with Crippen molar-refractivity contribution in [3.05, 3.63) is 11.1 Å². The molecule has 2 fully saturated rings. The Morgan fingerprint density at radius 1 is 1.35 bits per heavy atom. The van der Waals surface area contributed by atoms with Gasteiger partial charge in [0.2, 0.25) is 11.8 Å². The number of methoxy groups -OCH3 is 1. The Morgan fingerprint density at radius 3 is 2.50 bits per heavy atom. The SMILES string of the molecule is COCC(=O)N1CCC(NC(=O)C(C)=C2CNC2)CC1. The van der Waals surface area contributed by atoms with Crippen molar-refractivity contribution in [2.24, 2.45) is 0 Å². The van der Waals surface area contributed by atoms with Gasteiger partial charge in [0.25, 0.3) is 0 Å². The average molecular weight is 281 g/mol. The number of hydrogen-bond acceptors (Lipinski definition) is 4. The first kappa shape index (κ1) is 15.0. The van der Waals surface area contributed by atoms with Gasteiger partial charge in [-0.15, -0.1) is 0 Å². The van der Waals surface area contributed by atoms with E-state index in [1.165, 1.54) is 12.7 Å². The Balaban J connectivity index is 1.77. The lowest BCUT2D eigenvalue weighted by molar-refractivity contribution is -0.136. The van der Waals surface area contributed by atoms with Crippen LogP contribution in [0.2, 0.25) is 0 Å². The molecule has 0 spiro atoms. The van der Waals surface area contributed by atoms with Crippen LogP contribution < -0.4 is 10.6 Å². The zero-order chi connectivity index (χ0) is 14.5. The van der Waals surface area contributed by atoms with Gasteiger partial charge in [-0.2, -0.15) is 0 Å². The third kappa shape index (κ3) is 3.58. The van der Waals surface area contributed by atoms with Gasteiger partial charge in [0, 0.05) is 44.9 Å². The molecule has 6 heteroatoms. The molecule has 2 aliphatic rings. The van der Waals surface area contributed by atoms with Crippen LogP contribution in [0.3, 0.4) is 0 Å². The summed E-state index contributed by atoms with van der Waals surface area (Å²) in [5, 5.41) is 6.20. The number of amides is 2. The maximum atomic E-state index is 12.1. The van der Waals surface area contributed by atoms with E-state index in [0.29, 0.717) is 13.1 Å². The minimum Gasteiger partial charge on any atom is -0.375 e. The lowest BCUT2D eigenvalue weighted by Crippen LogP contribution is -2.48. The van der Waals surface area contributed by atoms with Crippen LogP contribution in [-0.4, -0.2) is 62.7 Å². The number of nitrogens with zero attached hydrogens (tertiary/aromatic N) is 1. The van der Waals surface area contributed by atoms with E-state index in [2.05, 4.69) is 10.6 Å². The van der Waals surface area contributed by atoms with Crippen LogP contribution in [0.25, 0.3) is 0 Å². The number of carbonyl (C=O) groups is 2. The van der Waals surface area contributed by atoms with Gasteiger partial charge in [0.1, 0.15) is 6.61 Å². The summed E-state index contributed by atoms with van der Waals surface area (Å²) in [5.74, 6) is 0.0549. The van der Waals surface area contributed by atoms with E-state index in [1.54, 1.807) is 4.90 Å². The fourth-order valence-corrected chi connectivity index (χ4v) is 2.46. The Bertz CT molecular complexity index is 406. The molecule has 0 aromatic rings. The highest BCUT2D eigenvalue weighted by Gasteiger charge is 2.25. The van der Waals surface area contributed by atoms with Gasteiger partial charge in [-0.1, -0.05) is 0 Å². The maximum absolute atomic E-state index is 12.1. The molecule has 2 N–H and O–H groups in total. The Morgan fingerprint density at radius 2 is 2.00 bits per heavy atom. The number of rotatable bonds is 4. The van der Waals surface area contributed by atoms with Crippen molar-refractivity contribution in [1.29, 1.82) is 0 Å². The highest BCUT2D eigenvalue weighted by atomic mass is 16.5. The molecule has 0 bridgehead atoms. The zero-order valence-electron chi connectivity index (χ0n) is 12.2. The fourth-order valence-electron chi connectivity index (χ4n) is 2.46. The molecule has 2 amide bonds. The average Bonchev–Trinajstić information content (AvgIpc) is 2.37. The molecule has 0 radical (unpaired) electrons. The van der Waals surface area contributed by atoms with E-state index >= 15 is 0 Å². The molecular formula is C14H23N3O3. The molecule has 0 unspecified atom stereocenters. The normalized spacial score (nSPS) is 19.5. The molecule has 0 saturated carbocycles. The highest BCUT2D eigenvalue weighted by molar-refractivity contribution is 5.94. The molecule has 2 saturated heterocycles. The number of carbonyl (C=O) groups excluding carboxylic acids is 2. The molecule has 20 heavy (non-hydrogen) atoms. The number of likely N-dealkylation sites (tertiary alicyclic amines) is 1. The van der Waals surface area contributed by atoms with E-state index in [4.69, 9.17) is 4.74 Å². The third-order valence-corrected chi connectivity index (χ3v) is 4.00. The molecule has 2 rings (SSSR count). The topological polar surface area (TPSA) is 70.7 Å². The number of piperidine rings is 1. The third-order valence-electron chi connectivity index (χ3n) is 4.00. The molecule has 2 aliphatic heterocycles. The second-order valence-electron chi connectivity index (χ2n) is 5.39. The van der Waals surface area contributed by atoms with Gasteiger partial charge in [0.15, 0.2) is 0 Å². The van der Waals surface area contributed by atoms with Crippen LogP contribution in [0.15, 0.2) is 11.1 Å². The predicted octanol–water partition coefficient (Wildman–Crippen LogP) is -0.340. The minimum absolute atomic E-state index is 0.0242. The summed E-state index contributed by atoms with van der Waals surface area (Å²) in [5.41, 5.74) is 2.02. The molecule has 6 nitrogen and oxygen atoms in total. The molecular weight excluding hydrogens is 258 g/mol. The molecule has 0 atom stereocenters. The fraction of sp³-hybridized carbons (Fsp3) is 0.714. The highest BCUT2D eigenvalue weighted by Crippen LogP contribution is 2.13. The maximum Gasteiger partial charge on any atom is 0.248 e. The summed E-state index contributed by atoms with van der Waals surface area (Å²) in [6.45, 7) is 5.03. The lowest BCUT2D eigenvalue weighted by Gasteiger charge is -2.32. The Labute approximate surface area is 119 Å². The Hall–Kier alpha value is -1.40. The van der Waals surface area contributed by atoms with E-state index in [0.717, 1.165) is 31.5 Å². The first-order valence-electron chi connectivity index (χ1n) is 7.08. The Kier molecular flexibility index (Phi) is 5.14. The van der Waals surface area contributed by atoms with Gasteiger partial charge in [-0.05, 0) is 25.3 Å². The zero-order valence-corrected chi connectivity index (χ0v) is 12.2. The summed E-state index contributed by atoms with van der Waals surface area (Å²) < 4.78 is 4.85. The van der Waals surface area contributed by atoms with Gasteiger partial charge >= 0.3 is 0 Å². The van der Waals surface area contributed by atoms with E-state index < -0.39 is 0 Å². The summed E-state index contributed by atoms with van der Waals surface area (Å²) in [6, 6.07) is 0.165. The van der Waals surface area contributed by atoms with Crippen LogP contribution in [-0.2, 0) is 14.3 Å². The van der Waals surface area contributed by atoms with Crippen LogP contribution in [0.5, 0.6) is 0 Å². The number of ether oxygens (including phenoxy) is 1. The van der Waals surface area contributed by atoms with Crippen molar-refractivity contribution >= 4 is 11.8 Å². The van der Waals surface area contributed by atoms with Crippen molar-refractivity contribution in [3.63, 3.8) is 0 Å². The smallest absolute Gasteiger partial charge is 0.248 e. The van der Waals surface area contributed by atoms with Crippen LogP contribution in [0.4, 0.5) is 0 Å². The van der Waals surface area contributed by atoms with Crippen molar-refractivity contribution in [2.45, 2.75) is 25.8 Å².